The summed E-state index contributed by atoms with van der Waals surface area (Å²) in [4.78, 5) is 12.3. The highest BCUT2D eigenvalue weighted by atomic mass is 16.6. The summed E-state index contributed by atoms with van der Waals surface area (Å²) in [6, 6.07) is 5.58. The van der Waals surface area contributed by atoms with Crippen LogP contribution in [0.2, 0.25) is 0 Å². The molecule has 108 valence electrons. The molecule has 0 spiro atoms. The molecule has 0 aromatic heterocycles. The number of rotatable bonds is 2. The number of nitrogens with one attached hydrogen (secondary N) is 2. The number of hydrogen-bond donors (Lipinski definition) is 2. The van der Waals surface area contributed by atoms with Crippen LogP contribution in [0.25, 0.3) is 0 Å². The largest absolute Gasteiger partial charge is 0.486 e. The SMILES string of the molecule is CC1CNCCC1NC(=O)c1ccc2c(c1)OCCO2. The standard InChI is InChI=1S/C15H20N2O3/c1-10-9-16-5-4-12(10)17-15(18)11-2-3-13-14(8-11)20-7-6-19-13/h2-3,8,10,12,16H,4-7,9H2,1H3,(H,17,18). The molecule has 0 aliphatic carbocycles. The van der Waals surface area contributed by atoms with Gasteiger partial charge in [-0.15, -0.1) is 0 Å². The van der Waals surface area contributed by atoms with E-state index < -0.39 is 0 Å². The van der Waals surface area contributed by atoms with Gasteiger partial charge in [-0.05, 0) is 43.6 Å². The second kappa shape index (κ2) is 5.71. The monoisotopic (exact) mass is 276 g/mol. The van der Waals surface area contributed by atoms with Crippen LogP contribution in [0.4, 0.5) is 0 Å². The number of amides is 1. The molecular formula is C15H20N2O3. The molecule has 1 saturated heterocycles. The number of carbonyl (C=O) groups excluding carboxylic acids is 1. The second-order valence-electron chi connectivity index (χ2n) is 5.41. The van der Waals surface area contributed by atoms with Gasteiger partial charge in [-0.3, -0.25) is 4.79 Å². The van der Waals surface area contributed by atoms with Gasteiger partial charge >= 0.3 is 0 Å². The Labute approximate surface area is 118 Å². The zero-order valence-electron chi connectivity index (χ0n) is 11.6. The van der Waals surface area contributed by atoms with Gasteiger partial charge < -0.3 is 20.1 Å². The molecule has 0 radical (unpaired) electrons. The van der Waals surface area contributed by atoms with E-state index in [0.29, 0.717) is 36.2 Å². The fourth-order valence-electron chi connectivity index (χ4n) is 2.66. The number of piperidine rings is 1. The zero-order valence-corrected chi connectivity index (χ0v) is 11.6. The highest BCUT2D eigenvalue weighted by Gasteiger charge is 2.23. The van der Waals surface area contributed by atoms with Gasteiger partial charge in [0, 0.05) is 11.6 Å². The van der Waals surface area contributed by atoms with E-state index in [0.717, 1.165) is 19.5 Å². The third kappa shape index (κ3) is 2.72. The van der Waals surface area contributed by atoms with Crippen molar-refractivity contribution < 1.29 is 14.3 Å². The molecule has 2 unspecified atom stereocenters. The van der Waals surface area contributed by atoms with Crippen molar-refractivity contribution in [2.24, 2.45) is 5.92 Å². The van der Waals surface area contributed by atoms with E-state index in [-0.39, 0.29) is 11.9 Å². The van der Waals surface area contributed by atoms with Gasteiger partial charge in [0.15, 0.2) is 11.5 Å². The van der Waals surface area contributed by atoms with Crippen LogP contribution in [-0.4, -0.2) is 38.3 Å². The molecule has 2 atom stereocenters. The van der Waals surface area contributed by atoms with Crippen LogP contribution in [0.3, 0.4) is 0 Å². The van der Waals surface area contributed by atoms with Crippen LogP contribution < -0.4 is 20.1 Å². The molecule has 2 heterocycles. The Bertz CT molecular complexity index is 504. The van der Waals surface area contributed by atoms with Crippen LogP contribution in [-0.2, 0) is 0 Å². The van der Waals surface area contributed by atoms with Gasteiger partial charge in [0.25, 0.3) is 5.91 Å². The van der Waals surface area contributed by atoms with Gasteiger partial charge in [-0.2, -0.15) is 0 Å². The molecule has 1 fully saturated rings. The van der Waals surface area contributed by atoms with E-state index in [4.69, 9.17) is 9.47 Å². The minimum absolute atomic E-state index is 0.0410. The lowest BCUT2D eigenvalue weighted by atomic mass is 9.95. The van der Waals surface area contributed by atoms with E-state index in [1.807, 2.05) is 0 Å². The van der Waals surface area contributed by atoms with Gasteiger partial charge in [-0.1, -0.05) is 6.92 Å². The molecule has 5 heteroatoms. The molecule has 5 nitrogen and oxygen atoms in total. The molecule has 0 bridgehead atoms. The lowest BCUT2D eigenvalue weighted by Crippen LogP contribution is -2.48. The molecule has 1 aromatic carbocycles. The summed E-state index contributed by atoms with van der Waals surface area (Å²) < 4.78 is 11.0. The van der Waals surface area contributed by atoms with Gasteiger partial charge in [0.1, 0.15) is 13.2 Å². The summed E-state index contributed by atoms with van der Waals surface area (Å²) in [6.45, 7) is 5.15. The summed E-state index contributed by atoms with van der Waals surface area (Å²) in [5.41, 5.74) is 0.625. The van der Waals surface area contributed by atoms with E-state index in [9.17, 15) is 4.79 Å². The third-order valence-electron chi connectivity index (χ3n) is 3.91. The second-order valence-corrected chi connectivity index (χ2v) is 5.41. The molecule has 2 N–H and O–H groups in total. The minimum Gasteiger partial charge on any atom is -0.486 e. The van der Waals surface area contributed by atoms with Crippen molar-refractivity contribution in [3.63, 3.8) is 0 Å². The fraction of sp³-hybridized carbons (Fsp3) is 0.533. The van der Waals surface area contributed by atoms with Crippen LogP contribution in [0, 0.1) is 5.92 Å². The summed E-state index contributed by atoms with van der Waals surface area (Å²) in [5.74, 6) is 1.77. The fourth-order valence-corrected chi connectivity index (χ4v) is 2.66. The number of benzene rings is 1. The third-order valence-corrected chi connectivity index (χ3v) is 3.91. The molecule has 2 aliphatic rings. The van der Waals surface area contributed by atoms with Crippen molar-refractivity contribution in [2.45, 2.75) is 19.4 Å². The average Bonchev–Trinajstić information content (AvgIpc) is 2.49. The van der Waals surface area contributed by atoms with E-state index in [1.54, 1.807) is 18.2 Å². The van der Waals surface area contributed by atoms with Crippen molar-refractivity contribution in [1.29, 1.82) is 0 Å². The van der Waals surface area contributed by atoms with Crippen LogP contribution in [0.5, 0.6) is 11.5 Å². The lowest BCUT2D eigenvalue weighted by Gasteiger charge is -2.30. The summed E-state index contributed by atoms with van der Waals surface area (Å²) >= 11 is 0. The number of fused-ring (bicyclic) bond motifs is 1. The predicted molar refractivity (Wildman–Crippen MR) is 75.3 cm³/mol. The van der Waals surface area contributed by atoms with Gasteiger partial charge in [0.05, 0.1) is 0 Å². The van der Waals surface area contributed by atoms with Crippen molar-refractivity contribution in [3.8, 4) is 11.5 Å². The Hall–Kier alpha value is -1.75. The van der Waals surface area contributed by atoms with E-state index in [2.05, 4.69) is 17.6 Å². The highest BCUT2D eigenvalue weighted by molar-refractivity contribution is 5.95. The average molecular weight is 276 g/mol. The Kier molecular flexibility index (Phi) is 3.78. The van der Waals surface area contributed by atoms with Crippen molar-refractivity contribution >= 4 is 5.91 Å². The van der Waals surface area contributed by atoms with Gasteiger partial charge in [-0.25, -0.2) is 0 Å². The number of carbonyl (C=O) groups is 1. The molecule has 1 aromatic rings. The topological polar surface area (TPSA) is 59.6 Å². The molecule has 1 amide bonds. The summed E-state index contributed by atoms with van der Waals surface area (Å²) in [6.07, 6.45) is 0.970. The molecule has 20 heavy (non-hydrogen) atoms. The van der Waals surface area contributed by atoms with Crippen LogP contribution in [0.1, 0.15) is 23.7 Å². The first-order chi connectivity index (χ1) is 9.74. The van der Waals surface area contributed by atoms with Crippen molar-refractivity contribution in [2.75, 3.05) is 26.3 Å². The molecule has 3 rings (SSSR count). The molecule has 2 aliphatic heterocycles. The smallest absolute Gasteiger partial charge is 0.251 e. The quantitative estimate of drug-likeness (QED) is 0.852. The van der Waals surface area contributed by atoms with Crippen LogP contribution in [0.15, 0.2) is 18.2 Å². The normalized spacial score (nSPS) is 25.1. The van der Waals surface area contributed by atoms with Crippen LogP contribution >= 0.6 is 0 Å². The first kappa shape index (κ1) is 13.2. The predicted octanol–water partition coefficient (Wildman–Crippen LogP) is 1.19. The maximum atomic E-state index is 12.3. The Balaban J connectivity index is 1.70. The van der Waals surface area contributed by atoms with E-state index >= 15 is 0 Å². The first-order valence-corrected chi connectivity index (χ1v) is 7.15. The number of ether oxygens (including phenoxy) is 2. The van der Waals surface area contributed by atoms with E-state index in [1.165, 1.54) is 0 Å². The maximum absolute atomic E-state index is 12.3. The van der Waals surface area contributed by atoms with Crippen molar-refractivity contribution in [3.05, 3.63) is 23.8 Å². The molecular weight excluding hydrogens is 256 g/mol. The lowest BCUT2D eigenvalue weighted by molar-refractivity contribution is 0.0913. The molecule has 0 saturated carbocycles. The Morgan fingerprint density at radius 1 is 1.30 bits per heavy atom. The first-order valence-electron chi connectivity index (χ1n) is 7.15. The highest BCUT2D eigenvalue weighted by Crippen LogP contribution is 2.30. The van der Waals surface area contributed by atoms with Crippen molar-refractivity contribution in [1.82, 2.24) is 10.6 Å². The summed E-state index contributed by atoms with van der Waals surface area (Å²) in [7, 11) is 0. The Morgan fingerprint density at radius 2 is 2.10 bits per heavy atom. The summed E-state index contributed by atoms with van der Waals surface area (Å²) in [5, 5.41) is 6.45. The maximum Gasteiger partial charge on any atom is 0.251 e. The Morgan fingerprint density at radius 3 is 2.90 bits per heavy atom. The minimum atomic E-state index is -0.0410. The number of hydrogen-bond acceptors (Lipinski definition) is 4. The van der Waals surface area contributed by atoms with Gasteiger partial charge in [0.2, 0.25) is 0 Å². The zero-order chi connectivity index (χ0) is 13.9.